The predicted molar refractivity (Wildman–Crippen MR) is 101 cm³/mol. The number of ether oxygens (including phenoxy) is 2. The van der Waals surface area contributed by atoms with Gasteiger partial charge in [-0.25, -0.2) is 4.79 Å². The number of aryl methyl sites for hydroxylation is 1. The van der Waals surface area contributed by atoms with Crippen LogP contribution in [0.4, 0.5) is 0 Å². The highest BCUT2D eigenvalue weighted by Gasteiger charge is 2.27. The molecule has 0 aliphatic heterocycles. The molecule has 5 nitrogen and oxygen atoms in total. The molecule has 0 heterocycles. The standard InChI is InChI=1S/C21H25NO4/c1-5-25-18-9-7-6-8-17(18)20(23)22-19(14(2)3)21(24)26-16-12-10-15(4)11-13-16/h6-14,19H,5H2,1-4H3,(H,22,23)/t19-/m0/s1. The lowest BCUT2D eigenvalue weighted by molar-refractivity contribution is -0.137. The molecule has 2 rings (SSSR count). The van der Waals surface area contributed by atoms with Gasteiger partial charge in [0.15, 0.2) is 0 Å². The van der Waals surface area contributed by atoms with Gasteiger partial charge in [0.05, 0.1) is 12.2 Å². The lowest BCUT2D eigenvalue weighted by atomic mass is 10.0. The topological polar surface area (TPSA) is 64.6 Å². The minimum atomic E-state index is -0.765. The first-order chi connectivity index (χ1) is 12.4. The van der Waals surface area contributed by atoms with Crippen molar-refractivity contribution >= 4 is 11.9 Å². The Morgan fingerprint density at radius 3 is 2.31 bits per heavy atom. The number of carbonyl (C=O) groups is 2. The molecule has 0 radical (unpaired) electrons. The van der Waals surface area contributed by atoms with Crippen LogP contribution >= 0.6 is 0 Å². The fourth-order valence-electron chi connectivity index (χ4n) is 2.44. The van der Waals surface area contributed by atoms with E-state index in [1.165, 1.54) is 0 Å². The molecule has 1 amide bonds. The van der Waals surface area contributed by atoms with E-state index in [9.17, 15) is 9.59 Å². The molecule has 2 aromatic carbocycles. The van der Waals surface area contributed by atoms with Crippen molar-refractivity contribution in [2.24, 2.45) is 5.92 Å². The zero-order chi connectivity index (χ0) is 19.1. The van der Waals surface area contributed by atoms with E-state index in [0.29, 0.717) is 23.7 Å². The van der Waals surface area contributed by atoms with Gasteiger partial charge in [0, 0.05) is 0 Å². The van der Waals surface area contributed by atoms with Crippen molar-refractivity contribution in [1.82, 2.24) is 5.32 Å². The number of para-hydroxylation sites is 1. The maximum atomic E-state index is 12.7. The molecular formula is C21H25NO4. The van der Waals surface area contributed by atoms with E-state index >= 15 is 0 Å². The fraction of sp³-hybridized carbons (Fsp3) is 0.333. The van der Waals surface area contributed by atoms with Gasteiger partial charge in [-0.2, -0.15) is 0 Å². The summed E-state index contributed by atoms with van der Waals surface area (Å²) in [7, 11) is 0. The quantitative estimate of drug-likeness (QED) is 0.607. The predicted octanol–water partition coefficient (Wildman–Crippen LogP) is 3.75. The molecule has 0 bridgehead atoms. The maximum absolute atomic E-state index is 12.7. The molecule has 0 saturated carbocycles. The van der Waals surface area contributed by atoms with Gasteiger partial charge in [0.2, 0.25) is 0 Å². The Hall–Kier alpha value is -2.82. The lowest BCUT2D eigenvalue weighted by Crippen LogP contribution is -2.46. The van der Waals surface area contributed by atoms with Crippen LogP contribution < -0.4 is 14.8 Å². The second kappa shape index (κ2) is 9.04. The summed E-state index contributed by atoms with van der Waals surface area (Å²) < 4.78 is 10.9. The summed E-state index contributed by atoms with van der Waals surface area (Å²) >= 11 is 0. The Balaban J connectivity index is 2.13. The van der Waals surface area contributed by atoms with Gasteiger partial charge in [-0.15, -0.1) is 0 Å². The zero-order valence-corrected chi connectivity index (χ0v) is 15.6. The number of hydrogen-bond acceptors (Lipinski definition) is 4. The van der Waals surface area contributed by atoms with Crippen molar-refractivity contribution in [2.75, 3.05) is 6.61 Å². The molecule has 0 aromatic heterocycles. The molecule has 0 aliphatic carbocycles. The third-order valence-electron chi connectivity index (χ3n) is 3.88. The fourth-order valence-corrected chi connectivity index (χ4v) is 2.44. The molecule has 0 spiro atoms. The van der Waals surface area contributed by atoms with Crippen LogP contribution in [-0.2, 0) is 4.79 Å². The number of rotatable bonds is 7. The van der Waals surface area contributed by atoms with Gasteiger partial charge < -0.3 is 14.8 Å². The van der Waals surface area contributed by atoms with Gasteiger partial charge in [0.1, 0.15) is 17.5 Å². The summed E-state index contributed by atoms with van der Waals surface area (Å²) in [6, 6.07) is 13.4. The Morgan fingerprint density at radius 2 is 1.69 bits per heavy atom. The highest BCUT2D eigenvalue weighted by Crippen LogP contribution is 2.19. The van der Waals surface area contributed by atoms with Crippen LogP contribution in [0.1, 0.15) is 36.7 Å². The second-order valence-electron chi connectivity index (χ2n) is 6.36. The van der Waals surface area contributed by atoms with E-state index in [0.717, 1.165) is 5.56 Å². The van der Waals surface area contributed by atoms with Crippen LogP contribution in [0, 0.1) is 12.8 Å². The summed E-state index contributed by atoms with van der Waals surface area (Å²) in [6.45, 7) is 7.97. The highest BCUT2D eigenvalue weighted by atomic mass is 16.5. The van der Waals surface area contributed by atoms with Gasteiger partial charge in [-0.1, -0.05) is 43.7 Å². The second-order valence-corrected chi connectivity index (χ2v) is 6.36. The molecule has 0 saturated heterocycles. The van der Waals surface area contributed by atoms with Gasteiger partial charge >= 0.3 is 5.97 Å². The largest absolute Gasteiger partial charge is 0.493 e. The van der Waals surface area contributed by atoms with Gasteiger partial charge in [0.25, 0.3) is 5.91 Å². The summed E-state index contributed by atoms with van der Waals surface area (Å²) in [6.07, 6.45) is 0. The van der Waals surface area contributed by atoms with Crippen LogP contribution in [0.25, 0.3) is 0 Å². The normalized spacial score (nSPS) is 11.7. The molecule has 5 heteroatoms. The van der Waals surface area contributed by atoms with E-state index in [-0.39, 0.29) is 11.8 Å². The first kappa shape index (κ1) is 19.5. The first-order valence-corrected chi connectivity index (χ1v) is 8.73. The molecule has 138 valence electrons. The molecule has 2 aromatic rings. The van der Waals surface area contributed by atoms with Crippen LogP contribution in [0.3, 0.4) is 0 Å². The van der Waals surface area contributed by atoms with E-state index in [4.69, 9.17) is 9.47 Å². The summed E-state index contributed by atoms with van der Waals surface area (Å²) in [5.41, 5.74) is 1.47. The van der Waals surface area contributed by atoms with E-state index in [1.54, 1.807) is 36.4 Å². The van der Waals surface area contributed by atoms with Gasteiger partial charge in [-0.3, -0.25) is 4.79 Å². The number of esters is 1. The van der Waals surface area contributed by atoms with Crippen molar-refractivity contribution < 1.29 is 19.1 Å². The maximum Gasteiger partial charge on any atom is 0.334 e. The van der Waals surface area contributed by atoms with Crippen LogP contribution in [-0.4, -0.2) is 24.5 Å². The first-order valence-electron chi connectivity index (χ1n) is 8.73. The van der Waals surface area contributed by atoms with Gasteiger partial charge in [-0.05, 0) is 44.0 Å². The number of amides is 1. The van der Waals surface area contributed by atoms with E-state index < -0.39 is 12.0 Å². The van der Waals surface area contributed by atoms with Crippen LogP contribution in [0.2, 0.25) is 0 Å². The van der Waals surface area contributed by atoms with E-state index in [1.807, 2.05) is 39.8 Å². The molecule has 0 fully saturated rings. The average molecular weight is 355 g/mol. The minimum absolute atomic E-state index is 0.129. The molecule has 26 heavy (non-hydrogen) atoms. The SMILES string of the molecule is CCOc1ccccc1C(=O)N[C@H](C(=O)Oc1ccc(C)cc1)C(C)C. The van der Waals surface area contributed by atoms with Crippen molar-refractivity contribution in [2.45, 2.75) is 33.7 Å². The molecule has 0 aliphatic rings. The highest BCUT2D eigenvalue weighted by molar-refractivity contribution is 5.99. The van der Waals surface area contributed by atoms with Crippen LogP contribution in [0.5, 0.6) is 11.5 Å². The molecular weight excluding hydrogens is 330 g/mol. The molecule has 1 N–H and O–H groups in total. The molecule has 1 atom stereocenters. The Kier molecular flexibility index (Phi) is 6.78. The van der Waals surface area contributed by atoms with Crippen molar-refractivity contribution in [3.8, 4) is 11.5 Å². The number of carbonyl (C=O) groups excluding carboxylic acids is 2. The van der Waals surface area contributed by atoms with Crippen molar-refractivity contribution in [1.29, 1.82) is 0 Å². The van der Waals surface area contributed by atoms with Crippen LogP contribution in [0.15, 0.2) is 48.5 Å². The Labute approximate surface area is 154 Å². The number of benzene rings is 2. The Morgan fingerprint density at radius 1 is 1.04 bits per heavy atom. The zero-order valence-electron chi connectivity index (χ0n) is 15.6. The minimum Gasteiger partial charge on any atom is -0.493 e. The Bertz CT molecular complexity index is 753. The van der Waals surface area contributed by atoms with Crippen molar-refractivity contribution in [3.05, 3.63) is 59.7 Å². The summed E-state index contributed by atoms with van der Waals surface area (Å²) in [5, 5.41) is 2.77. The van der Waals surface area contributed by atoms with Crippen molar-refractivity contribution in [3.63, 3.8) is 0 Å². The van der Waals surface area contributed by atoms with E-state index in [2.05, 4.69) is 5.32 Å². The average Bonchev–Trinajstić information content (AvgIpc) is 2.61. The lowest BCUT2D eigenvalue weighted by Gasteiger charge is -2.21. The monoisotopic (exact) mass is 355 g/mol. The summed E-state index contributed by atoms with van der Waals surface area (Å²) in [5.74, 6) is -0.0482. The number of hydrogen-bond donors (Lipinski definition) is 1. The third kappa shape index (κ3) is 5.09. The molecule has 0 unspecified atom stereocenters. The third-order valence-corrected chi connectivity index (χ3v) is 3.88. The number of nitrogens with one attached hydrogen (secondary N) is 1. The smallest absolute Gasteiger partial charge is 0.334 e. The summed E-state index contributed by atoms with van der Waals surface area (Å²) in [4.78, 5) is 25.2.